The molecule has 2 rings (SSSR count). The van der Waals surface area contributed by atoms with Crippen LogP contribution in [0.1, 0.15) is 5.56 Å². The van der Waals surface area contributed by atoms with Crippen LogP contribution in [0.3, 0.4) is 0 Å². The fourth-order valence-corrected chi connectivity index (χ4v) is 1.32. The summed E-state index contributed by atoms with van der Waals surface area (Å²) in [7, 11) is 0. The molecule has 0 fully saturated rings. The molecule has 1 aromatic carbocycles. The summed E-state index contributed by atoms with van der Waals surface area (Å²) in [4.78, 5) is 21.6. The van der Waals surface area contributed by atoms with Crippen molar-refractivity contribution in [1.29, 1.82) is 0 Å². The van der Waals surface area contributed by atoms with Crippen LogP contribution in [0.2, 0.25) is 0 Å². The summed E-state index contributed by atoms with van der Waals surface area (Å²) in [6, 6.07) is 6.04. The van der Waals surface area contributed by atoms with E-state index in [9.17, 15) is 14.9 Å². The highest BCUT2D eigenvalue weighted by atomic mass is 16.6. The van der Waals surface area contributed by atoms with Crippen molar-refractivity contribution in [3.8, 4) is 0 Å². The Morgan fingerprint density at radius 2 is 2.22 bits per heavy atom. The number of benzene rings is 1. The Morgan fingerprint density at radius 1 is 1.44 bits per heavy atom. The minimum absolute atomic E-state index is 0.0936. The predicted molar refractivity (Wildman–Crippen MR) is 58.7 cm³/mol. The number of nitrogens with zero attached hydrogens (tertiary/aromatic N) is 4. The quantitative estimate of drug-likeness (QED) is 0.600. The van der Waals surface area contributed by atoms with Crippen LogP contribution in [-0.4, -0.2) is 26.0 Å². The number of hydrogen-bond acceptors (Lipinski definition) is 6. The second-order valence-electron chi connectivity index (χ2n) is 3.29. The fourth-order valence-electron chi connectivity index (χ4n) is 1.32. The molecular weight excluding hydrogens is 240 g/mol. The molecule has 92 valence electrons. The third-order valence-electron chi connectivity index (χ3n) is 2.15. The van der Waals surface area contributed by atoms with Crippen molar-refractivity contribution in [2.45, 2.75) is 6.61 Å². The van der Waals surface area contributed by atoms with Crippen molar-refractivity contribution in [2.75, 3.05) is 0 Å². The molecule has 8 heteroatoms. The molecule has 0 spiro atoms. The van der Waals surface area contributed by atoms with Gasteiger partial charge in [-0.05, 0) is 6.07 Å². The van der Waals surface area contributed by atoms with Crippen molar-refractivity contribution in [3.05, 3.63) is 52.3 Å². The lowest BCUT2D eigenvalue weighted by Crippen LogP contribution is -2.14. The van der Waals surface area contributed by atoms with Gasteiger partial charge in [0.05, 0.1) is 22.9 Å². The third-order valence-corrected chi connectivity index (χ3v) is 2.15. The first-order valence-electron chi connectivity index (χ1n) is 4.94. The highest BCUT2D eigenvalue weighted by molar-refractivity contribution is 5.68. The van der Waals surface area contributed by atoms with E-state index >= 15 is 0 Å². The summed E-state index contributed by atoms with van der Waals surface area (Å²) in [5.74, 6) is 0. The zero-order valence-corrected chi connectivity index (χ0v) is 9.09. The molecule has 0 bridgehead atoms. The molecule has 2 aromatic rings. The number of aromatic nitrogens is 3. The summed E-state index contributed by atoms with van der Waals surface area (Å²) in [5, 5.41) is 17.6. The zero-order chi connectivity index (χ0) is 13.0. The zero-order valence-electron chi connectivity index (χ0n) is 9.09. The Labute approximate surface area is 101 Å². The second-order valence-corrected chi connectivity index (χ2v) is 3.29. The summed E-state index contributed by atoms with van der Waals surface area (Å²) >= 11 is 0. The van der Waals surface area contributed by atoms with Gasteiger partial charge in [-0.1, -0.05) is 17.3 Å². The average Bonchev–Trinajstić information content (AvgIpc) is 2.90. The van der Waals surface area contributed by atoms with E-state index in [0.29, 0.717) is 5.56 Å². The second kappa shape index (κ2) is 5.04. The van der Waals surface area contributed by atoms with E-state index in [4.69, 9.17) is 4.74 Å². The minimum atomic E-state index is -0.745. The summed E-state index contributed by atoms with van der Waals surface area (Å²) in [5.41, 5.74) is 0.222. The molecule has 0 N–H and O–H groups in total. The van der Waals surface area contributed by atoms with Gasteiger partial charge in [0.1, 0.15) is 6.61 Å². The largest absolute Gasteiger partial charge is 0.443 e. The smallest absolute Gasteiger partial charge is 0.436 e. The number of carbonyl (C=O) groups excluding carboxylic acids is 1. The van der Waals surface area contributed by atoms with Gasteiger partial charge in [-0.15, -0.1) is 5.10 Å². The average molecular weight is 248 g/mol. The van der Waals surface area contributed by atoms with Gasteiger partial charge in [0, 0.05) is 6.07 Å². The van der Waals surface area contributed by atoms with Crippen LogP contribution in [0, 0.1) is 10.1 Å². The number of para-hydroxylation sites is 1. The maximum Gasteiger partial charge on any atom is 0.436 e. The van der Waals surface area contributed by atoms with E-state index in [1.807, 2.05) is 0 Å². The molecule has 0 aliphatic carbocycles. The standard InChI is InChI=1S/C10H8N4O4/c15-10(13-6-5-11-12-13)18-7-8-3-1-2-4-9(8)14(16)17/h1-6H,7H2. The number of nitro benzene ring substituents is 1. The fraction of sp³-hybridized carbons (Fsp3) is 0.100. The maximum atomic E-state index is 11.4. The number of nitro groups is 1. The molecule has 0 atom stereocenters. The first-order valence-corrected chi connectivity index (χ1v) is 4.94. The Bertz CT molecular complexity index is 567. The van der Waals surface area contributed by atoms with Crippen molar-refractivity contribution in [2.24, 2.45) is 0 Å². The molecule has 18 heavy (non-hydrogen) atoms. The Morgan fingerprint density at radius 3 is 2.89 bits per heavy atom. The van der Waals surface area contributed by atoms with Crippen LogP contribution in [0.4, 0.5) is 10.5 Å². The Hall–Kier alpha value is -2.77. The summed E-state index contributed by atoms with van der Waals surface area (Å²) < 4.78 is 5.78. The molecular formula is C10H8N4O4. The van der Waals surface area contributed by atoms with Gasteiger partial charge in [-0.3, -0.25) is 10.1 Å². The van der Waals surface area contributed by atoms with Gasteiger partial charge in [0.2, 0.25) is 0 Å². The van der Waals surface area contributed by atoms with Crippen molar-refractivity contribution < 1.29 is 14.5 Å². The molecule has 0 saturated carbocycles. The lowest BCUT2D eigenvalue weighted by molar-refractivity contribution is -0.385. The molecule has 0 aliphatic heterocycles. The van der Waals surface area contributed by atoms with Crippen molar-refractivity contribution >= 4 is 11.8 Å². The molecule has 1 aromatic heterocycles. The topological polar surface area (TPSA) is 100 Å². The first kappa shape index (κ1) is 11.7. The van der Waals surface area contributed by atoms with E-state index in [0.717, 1.165) is 4.68 Å². The predicted octanol–water partition coefficient (Wildman–Crippen LogP) is 1.37. The van der Waals surface area contributed by atoms with Crippen LogP contribution >= 0.6 is 0 Å². The molecule has 0 unspecified atom stereocenters. The van der Waals surface area contributed by atoms with Crippen molar-refractivity contribution in [1.82, 2.24) is 15.0 Å². The van der Waals surface area contributed by atoms with Gasteiger partial charge < -0.3 is 4.74 Å². The molecule has 0 radical (unpaired) electrons. The van der Waals surface area contributed by atoms with Crippen molar-refractivity contribution in [3.63, 3.8) is 0 Å². The van der Waals surface area contributed by atoms with Crippen LogP contribution in [0.5, 0.6) is 0 Å². The number of ether oxygens (including phenoxy) is 1. The molecule has 1 heterocycles. The van der Waals surface area contributed by atoms with Crippen LogP contribution < -0.4 is 0 Å². The Kier molecular flexibility index (Phi) is 3.28. The van der Waals surface area contributed by atoms with Gasteiger partial charge in [-0.2, -0.15) is 4.68 Å². The summed E-state index contributed by atoms with van der Waals surface area (Å²) in [6.45, 7) is -0.199. The lowest BCUT2D eigenvalue weighted by atomic mass is 10.2. The molecule has 0 saturated heterocycles. The summed E-state index contributed by atoms with van der Waals surface area (Å²) in [6.07, 6.45) is 1.90. The number of hydrogen-bond donors (Lipinski definition) is 0. The molecule has 8 nitrogen and oxygen atoms in total. The van der Waals surface area contributed by atoms with E-state index in [-0.39, 0.29) is 12.3 Å². The van der Waals surface area contributed by atoms with Gasteiger partial charge >= 0.3 is 6.09 Å². The normalized spacial score (nSPS) is 10.0. The highest BCUT2D eigenvalue weighted by Gasteiger charge is 2.14. The van der Waals surface area contributed by atoms with Gasteiger partial charge in [0.15, 0.2) is 0 Å². The van der Waals surface area contributed by atoms with Gasteiger partial charge in [0.25, 0.3) is 5.69 Å². The lowest BCUT2D eigenvalue weighted by Gasteiger charge is -2.04. The van der Waals surface area contributed by atoms with Crippen LogP contribution in [-0.2, 0) is 11.3 Å². The van der Waals surface area contributed by atoms with Gasteiger partial charge in [-0.25, -0.2) is 4.79 Å². The molecule has 0 aliphatic rings. The van der Waals surface area contributed by atoms with Crippen LogP contribution in [0.25, 0.3) is 0 Å². The van der Waals surface area contributed by atoms with Crippen LogP contribution in [0.15, 0.2) is 36.7 Å². The Balaban J connectivity index is 2.07. The minimum Gasteiger partial charge on any atom is -0.443 e. The number of carbonyl (C=O) groups is 1. The monoisotopic (exact) mass is 248 g/mol. The van der Waals surface area contributed by atoms with E-state index in [1.165, 1.54) is 24.5 Å². The third kappa shape index (κ3) is 2.48. The maximum absolute atomic E-state index is 11.4. The van der Waals surface area contributed by atoms with E-state index in [1.54, 1.807) is 12.1 Å². The highest BCUT2D eigenvalue weighted by Crippen LogP contribution is 2.18. The number of rotatable bonds is 3. The molecule has 0 amide bonds. The van der Waals surface area contributed by atoms with E-state index < -0.39 is 11.0 Å². The first-order chi connectivity index (χ1) is 8.68. The SMILES string of the molecule is O=C(OCc1ccccc1[N+](=O)[O-])n1ccnn1. The van der Waals surface area contributed by atoms with E-state index in [2.05, 4.69) is 10.3 Å².